The molecule has 0 aromatic rings. The Balaban J connectivity index is 4.75. The summed E-state index contributed by atoms with van der Waals surface area (Å²) in [5.41, 5.74) is 0. The topological polar surface area (TPSA) is 0 Å². The molecule has 0 saturated heterocycles. The number of hydrogen-bond acceptors (Lipinski definition) is 0. The lowest BCUT2D eigenvalue weighted by molar-refractivity contribution is 0.438. The van der Waals surface area contributed by atoms with Gasteiger partial charge in [0.2, 0.25) is 0 Å². The van der Waals surface area contributed by atoms with Crippen molar-refractivity contribution in [2.75, 3.05) is 0 Å². The van der Waals surface area contributed by atoms with Crippen molar-refractivity contribution in [1.29, 1.82) is 0 Å². The van der Waals surface area contributed by atoms with E-state index in [1.807, 2.05) is 0 Å². The zero-order valence-corrected chi connectivity index (χ0v) is 7.52. The van der Waals surface area contributed by atoms with Gasteiger partial charge in [-0.2, -0.15) is 0 Å². The van der Waals surface area contributed by atoms with Crippen molar-refractivity contribution >= 4 is 25.0 Å². The molecule has 0 unspecified atom stereocenters. The molecule has 0 aliphatic rings. The lowest BCUT2D eigenvalue weighted by atomic mass is 18.7. The molecule has 0 nitrogen and oxygen atoms in total. The van der Waals surface area contributed by atoms with Crippen molar-refractivity contribution < 1.29 is 32.9 Å². The third-order valence-electron chi connectivity index (χ3n) is 0.712. The average Bonchev–Trinajstić information content (AvgIpc) is 1.58. The zero-order chi connectivity index (χ0) is 9.50. The highest BCUT2D eigenvalue weighted by atomic mass is 29.7. The second-order valence-electron chi connectivity index (χ2n) is 1.57. The lowest BCUT2D eigenvalue weighted by Gasteiger charge is -2.12. The van der Waals surface area contributed by atoms with Gasteiger partial charge in [-0.1, -0.05) is 0 Å². The Kier molecular flexibility index (Phi) is 2.57. The van der Waals surface area contributed by atoms with Gasteiger partial charge >= 0.3 is 25.0 Å². The van der Waals surface area contributed by atoms with E-state index >= 15 is 0 Å². The summed E-state index contributed by atoms with van der Waals surface area (Å²) in [6.45, 7) is 0. The molecule has 0 bridgehead atoms. The molecule has 0 aromatic heterocycles. The first-order valence-corrected chi connectivity index (χ1v) is 9.04. The molecule has 0 radical (unpaired) electrons. The van der Waals surface area contributed by atoms with Crippen LogP contribution in [0.4, 0.5) is 32.9 Å². The Hall–Kier alpha value is 0.0906. The third kappa shape index (κ3) is 2.02. The molecule has 0 atom stereocenters. The van der Waals surface area contributed by atoms with Crippen LogP contribution in [0.1, 0.15) is 0 Å². The van der Waals surface area contributed by atoms with Gasteiger partial charge in [0.15, 0.2) is 0 Å². The molecule has 0 rings (SSSR count). The number of hydrogen-bond donors (Lipinski definition) is 0. The molecular weight excluding hydrogens is 236 g/mol. The second kappa shape index (κ2) is 2.55. The highest BCUT2D eigenvalue weighted by Gasteiger charge is 2.87. The minimum absolute atomic E-state index is 7.78. The molecule has 0 heterocycles. The monoisotopic (exact) mass is 236 g/mol. The van der Waals surface area contributed by atoms with E-state index in [4.69, 9.17) is 0 Å². The fourth-order valence-electron chi connectivity index (χ4n) is 0.161. The average molecular weight is 236 g/mol. The van der Waals surface area contributed by atoms with Gasteiger partial charge < -0.3 is 0 Å². The summed E-state index contributed by atoms with van der Waals surface area (Å²) in [4.78, 5) is 0. The van der Waals surface area contributed by atoms with Crippen molar-refractivity contribution in [3.63, 3.8) is 0 Å². The maximum absolute atomic E-state index is 11.4. The van der Waals surface area contributed by atoms with E-state index in [0.29, 0.717) is 0 Å². The quantitative estimate of drug-likeness (QED) is 0.392. The molecule has 0 spiro atoms. The summed E-state index contributed by atoms with van der Waals surface area (Å²) in [6.07, 6.45) is 0. The van der Waals surface area contributed by atoms with Crippen molar-refractivity contribution in [3.05, 3.63) is 0 Å². The number of rotatable bonds is 2. The minimum atomic E-state index is -7.83. The van der Waals surface area contributed by atoms with Crippen LogP contribution in [0.5, 0.6) is 0 Å². The van der Waals surface area contributed by atoms with Crippen molar-refractivity contribution in [3.8, 4) is 0 Å². The van der Waals surface area contributed by atoms with Crippen molar-refractivity contribution in [2.24, 2.45) is 0 Å². The van der Waals surface area contributed by atoms with Crippen LogP contribution in [-0.2, 0) is 0 Å². The van der Waals surface area contributed by atoms with E-state index in [-0.39, 0.29) is 0 Å². The molecule has 11 heteroatoms. The number of halogens is 8. The zero-order valence-electron chi connectivity index (χ0n) is 4.52. The first kappa shape index (κ1) is 11.1. The van der Waals surface area contributed by atoms with Gasteiger partial charge in [0.25, 0.3) is 0 Å². The first-order chi connectivity index (χ1) is 4.50. The molecule has 68 valence electrons. The Labute approximate surface area is 58.8 Å². The molecule has 0 aromatic carbocycles. The molecule has 0 aliphatic carbocycles. The fraction of sp³-hybridized carbons (Fsp3) is 0. The SMILES string of the molecule is F[Si](F)(F)[Si](F)(F)[Si](F)(F)F. The lowest BCUT2D eigenvalue weighted by Crippen LogP contribution is -2.62. The van der Waals surface area contributed by atoms with Crippen LogP contribution < -0.4 is 0 Å². The van der Waals surface area contributed by atoms with Crippen molar-refractivity contribution in [1.82, 2.24) is 0 Å². The molecule has 0 aliphatic heterocycles. The largest absolute Gasteiger partial charge is 0.668 e. The van der Waals surface area contributed by atoms with E-state index in [0.717, 1.165) is 0 Å². The van der Waals surface area contributed by atoms with Gasteiger partial charge in [-0.3, -0.25) is 8.22 Å². The molecule has 0 saturated carbocycles. The van der Waals surface area contributed by atoms with E-state index in [9.17, 15) is 32.9 Å². The van der Waals surface area contributed by atoms with E-state index in [1.165, 1.54) is 0 Å². The predicted molar refractivity (Wildman–Crippen MR) is 26.1 cm³/mol. The van der Waals surface area contributed by atoms with Crippen molar-refractivity contribution in [2.45, 2.75) is 0 Å². The molecule has 11 heavy (non-hydrogen) atoms. The third-order valence-corrected chi connectivity index (χ3v) is 11.5. The fourth-order valence-corrected chi connectivity index (χ4v) is 4.34. The van der Waals surface area contributed by atoms with Gasteiger partial charge in [-0.05, 0) is 0 Å². The van der Waals surface area contributed by atoms with Gasteiger partial charge in [0, 0.05) is 0 Å². The van der Waals surface area contributed by atoms with E-state index < -0.39 is 25.0 Å². The molecule has 0 amide bonds. The van der Waals surface area contributed by atoms with Crippen LogP contribution >= 0.6 is 0 Å². The Morgan fingerprint density at radius 3 is 0.636 bits per heavy atom. The normalized spacial score (nSPS) is 15.3. The van der Waals surface area contributed by atoms with Crippen LogP contribution in [0.2, 0.25) is 0 Å². The van der Waals surface area contributed by atoms with Gasteiger partial charge in [0.05, 0.1) is 0 Å². The second-order valence-corrected chi connectivity index (χ2v) is 13.4. The summed E-state index contributed by atoms with van der Waals surface area (Å²) < 4.78 is 89.5. The highest BCUT2D eigenvalue weighted by Crippen LogP contribution is 2.36. The summed E-state index contributed by atoms with van der Waals surface area (Å²) in [7, 11) is -23.4. The van der Waals surface area contributed by atoms with E-state index in [1.54, 1.807) is 0 Å². The summed E-state index contributed by atoms with van der Waals surface area (Å²) in [6, 6.07) is 0. The summed E-state index contributed by atoms with van der Waals surface area (Å²) >= 11 is 0. The van der Waals surface area contributed by atoms with Gasteiger partial charge in [-0.25, -0.2) is 24.6 Å². The van der Waals surface area contributed by atoms with Crippen LogP contribution in [0.3, 0.4) is 0 Å². The first-order valence-electron chi connectivity index (χ1n) is 2.01. The van der Waals surface area contributed by atoms with Crippen LogP contribution in [0.15, 0.2) is 0 Å². The molecule has 0 fully saturated rings. The van der Waals surface area contributed by atoms with Gasteiger partial charge in [0.1, 0.15) is 0 Å². The molecular formula is F8Si3. The maximum atomic E-state index is 11.4. The predicted octanol–water partition coefficient (Wildman–Crippen LogP) is 2.22. The van der Waals surface area contributed by atoms with Crippen LogP contribution in [-0.4, -0.2) is 25.0 Å². The molecule has 0 N–H and O–H groups in total. The highest BCUT2D eigenvalue weighted by molar-refractivity contribution is 7.56. The Bertz CT molecular complexity index is 120. The van der Waals surface area contributed by atoms with Crippen LogP contribution in [0.25, 0.3) is 0 Å². The maximum Gasteiger partial charge on any atom is 0.668 e. The smallest absolute Gasteiger partial charge is 0.260 e. The summed E-state index contributed by atoms with van der Waals surface area (Å²) in [5.74, 6) is 0. The Morgan fingerprint density at radius 2 is 0.636 bits per heavy atom. The standard InChI is InChI=1S/F8Si3/c1-9(2,3)11(7,8)10(4,5)6. The Morgan fingerprint density at radius 1 is 0.455 bits per heavy atom. The van der Waals surface area contributed by atoms with E-state index in [2.05, 4.69) is 0 Å². The minimum Gasteiger partial charge on any atom is -0.260 e. The summed E-state index contributed by atoms with van der Waals surface area (Å²) in [5, 5.41) is 0. The van der Waals surface area contributed by atoms with Crippen LogP contribution in [0, 0.1) is 0 Å². The van der Waals surface area contributed by atoms with Gasteiger partial charge in [-0.15, -0.1) is 0 Å².